The van der Waals surface area contributed by atoms with Gasteiger partial charge in [0.05, 0.1) is 18.3 Å². The predicted octanol–water partition coefficient (Wildman–Crippen LogP) is 6.25. The molecule has 0 saturated heterocycles. The fourth-order valence-electron chi connectivity index (χ4n) is 8.78. The molecule has 1 aromatic heterocycles. The Morgan fingerprint density at radius 3 is 2.61 bits per heavy atom. The number of ketones is 1. The van der Waals surface area contributed by atoms with Crippen molar-refractivity contribution in [1.82, 2.24) is 9.78 Å². The number of hydrogen-bond donors (Lipinski definition) is 0. The molecule has 31 heavy (non-hydrogen) atoms. The van der Waals surface area contributed by atoms with Crippen LogP contribution in [0.4, 0.5) is 0 Å². The molecule has 0 aliphatic heterocycles. The molecule has 5 rings (SSSR count). The lowest BCUT2D eigenvalue weighted by molar-refractivity contribution is -0.137. The summed E-state index contributed by atoms with van der Waals surface area (Å²) in [5.41, 5.74) is 1.24. The van der Waals surface area contributed by atoms with Gasteiger partial charge in [0.2, 0.25) is 0 Å². The lowest BCUT2D eigenvalue weighted by Gasteiger charge is -2.61. The van der Waals surface area contributed by atoms with Crippen LogP contribution in [0.2, 0.25) is 0 Å². The van der Waals surface area contributed by atoms with Crippen molar-refractivity contribution in [2.24, 2.45) is 46.3 Å². The molecule has 1 aromatic rings. The van der Waals surface area contributed by atoms with E-state index in [2.05, 4.69) is 31.9 Å². The van der Waals surface area contributed by atoms with Crippen molar-refractivity contribution in [3.05, 3.63) is 18.0 Å². The van der Waals surface area contributed by atoms with Crippen LogP contribution in [-0.2, 0) is 11.3 Å². The van der Waals surface area contributed by atoms with Gasteiger partial charge in [-0.25, -0.2) is 0 Å². The zero-order valence-electron chi connectivity index (χ0n) is 18.9. The zero-order valence-corrected chi connectivity index (χ0v) is 18.9. The van der Waals surface area contributed by atoms with Gasteiger partial charge in [-0.2, -0.15) is 10.4 Å². The Hall–Kier alpha value is -1.63. The van der Waals surface area contributed by atoms with Crippen LogP contribution in [0.3, 0.4) is 0 Å². The minimum absolute atomic E-state index is 0. The minimum atomic E-state index is 0. The Balaban J connectivity index is 0.00000231. The molecular weight excluding hydrogens is 382 g/mol. The highest BCUT2D eigenvalue weighted by molar-refractivity contribution is 5.82. The first-order valence-electron chi connectivity index (χ1n) is 12.3. The maximum atomic E-state index is 13.3. The molecule has 0 radical (unpaired) electrons. The van der Waals surface area contributed by atoms with Crippen molar-refractivity contribution in [2.75, 3.05) is 0 Å². The summed E-state index contributed by atoms with van der Waals surface area (Å²) in [5.74, 6) is 4.75. The Bertz CT molecular complexity index is 868. The van der Waals surface area contributed by atoms with Crippen LogP contribution < -0.4 is 0 Å². The SMILES string of the molecule is C.CC1CCC2(C)C(CCC3C2CCC2(C)C3CC[C@@H]2C(=O)Cn2cc(C#N)cn2)C1. The second kappa shape index (κ2) is 8.05. The van der Waals surface area contributed by atoms with E-state index >= 15 is 0 Å². The Morgan fingerprint density at radius 1 is 1.13 bits per heavy atom. The summed E-state index contributed by atoms with van der Waals surface area (Å²) in [6.45, 7) is 7.84. The predicted molar refractivity (Wildman–Crippen MR) is 123 cm³/mol. The molecule has 0 aromatic carbocycles. The van der Waals surface area contributed by atoms with E-state index in [0.717, 1.165) is 36.0 Å². The van der Waals surface area contributed by atoms with Crippen molar-refractivity contribution in [3.8, 4) is 6.07 Å². The van der Waals surface area contributed by atoms with Crippen molar-refractivity contribution in [1.29, 1.82) is 5.26 Å². The molecular formula is C27H41N3O. The van der Waals surface area contributed by atoms with E-state index in [1.165, 1.54) is 51.4 Å². The van der Waals surface area contributed by atoms with Crippen LogP contribution in [0.15, 0.2) is 12.4 Å². The molecule has 4 aliphatic rings. The summed E-state index contributed by atoms with van der Waals surface area (Å²) in [6.07, 6.45) is 15.2. The molecule has 170 valence electrons. The van der Waals surface area contributed by atoms with Crippen molar-refractivity contribution < 1.29 is 4.79 Å². The van der Waals surface area contributed by atoms with Gasteiger partial charge in [0.1, 0.15) is 6.07 Å². The van der Waals surface area contributed by atoms with Gasteiger partial charge in [-0.15, -0.1) is 0 Å². The summed E-state index contributed by atoms with van der Waals surface area (Å²) in [6, 6.07) is 2.11. The van der Waals surface area contributed by atoms with Crippen molar-refractivity contribution >= 4 is 5.78 Å². The number of nitrogens with zero attached hydrogens (tertiary/aromatic N) is 3. The zero-order chi connectivity index (χ0) is 21.1. The number of Topliss-reactive ketones (excluding diaryl/α,β-unsaturated/α-hetero) is 1. The van der Waals surface area contributed by atoms with Crippen LogP contribution in [0, 0.1) is 57.7 Å². The number of carbonyl (C=O) groups excluding carboxylic acids is 1. The van der Waals surface area contributed by atoms with Gasteiger partial charge in [-0.1, -0.05) is 34.6 Å². The molecule has 4 aliphatic carbocycles. The molecule has 4 nitrogen and oxygen atoms in total. The van der Waals surface area contributed by atoms with Crippen LogP contribution >= 0.6 is 0 Å². The smallest absolute Gasteiger partial charge is 0.157 e. The van der Waals surface area contributed by atoms with E-state index in [-0.39, 0.29) is 18.8 Å². The molecule has 7 unspecified atom stereocenters. The van der Waals surface area contributed by atoms with E-state index in [1.54, 1.807) is 17.1 Å². The average Bonchev–Trinajstić information content (AvgIpc) is 3.32. The fraction of sp³-hybridized carbons (Fsp3) is 0.815. The van der Waals surface area contributed by atoms with Crippen molar-refractivity contribution in [2.45, 2.75) is 92.5 Å². The number of aromatic nitrogens is 2. The number of rotatable bonds is 3. The first kappa shape index (κ1) is 22.6. The first-order valence-corrected chi connectivity index (χ1v) is 12.3. The molecule has 4 fully saturated rings. The second-order valence-corrected chi connectivity index (χ2v) is 11.7. The largest absolute Gasteiger partial charge is 0.297 e. The molecule has 0 amide bonds. The van der Waals surface area contributed by atoms with Crippen LogP contribution in [0.1, 0.15) is 91.5 Å². The normalized spacial score (nSPS) is 43.7. The lowest BCUT2D eigenvalue weighted by atomic mass is 9.44. The highest BCUT2D eigenvalue weighted by atomic mass is 16.1. The molecule has 0 bridgehead atoms. The first-order chi connectivity index (χ1) is 14.3. The van der Waals surface area contributed by atoms with Gasteiger partial charge < -0.3 is 0 Å². The van der Waals surface area contributed by atoms with Gasteiger partial charge >= 0.3 is 0 Å². The summed E-state index contributed by atoms with van der Waals surface area (Å²) < 4.78 is 1.67. The fourth-order valence-corrected chi connectivity index (χ4v) is 8.78. The third-order valence-corrected chi connectivity index (χ3v) is 10.4. The average molecular weight is 424 g/mol. The summed E-state index contributed by atoms with van der Waals surface area (Å²) in [4.78, 5) is 13.3. The monoisotopic (exact) mass is 423 g/mol. The summed E-state index contributed by atoms with van der Waals surface area (Å²) in [7, 11) is 0. The molecule has 4 saturated carbocycles. The van der Waals surface area contributed by atoms with Crippen LogP contribution in [0.5, 0.6) is 0 Å². The number of fused-ring (bicyclic) bond motifs is 5. The molecule has 4 heteroatoms. The molecule has 0 N–H and O–H groups in total. The highest BCUT2D eigenvalue weighted by Crippen LogP contribution is 2.67. The number of hydrogen-bond acceptors (Lipinski definition) is 3. The molecule has 8 atom stereocenters. The minimum Gasteiger partial charge on any atom is -0.297 e. The van der Waals surface area contributed by atoms with E-state index in [4.69, 9.17) is 5.26 Å². The van der Waals surface area contributed by atoms with E-state index in [1.807, 2.05) is 0 Å². The second-order valence-electron chi connectivity index (χ2n) is 11.7. The van der Waals surface area contributed by atoms with Gasteiger partial charge in [-0.05, 0) is 91.8 Å². The maximum absolute atomic E-state index is 13.3. The topological polar surface area (TPSA) is 58.7 Å². The van der Waals surface area contributed by atoms with Gasteiger partial charge in [0.15, 0.2) is 5.78 Å². The van der Waals surface area contributed by atoms with E-state index in [0.29, 0.717) is 23.3 Å². The standard InChI is InChI=1S/C26H37N3O.CH4/c1-17-8-10-25(2)19(12-17)4-5-20-21-6-7-23(26(21,3)11-9-22(20)25)24(30)16-29-15-18(13-27)14-28-29;/h14-15,17,19-23H,4-12,16H2,1-3H3;1H4/t17?,19?,20?,21?,22?,23-,25?,26?;/m1./s1. The van der Waals surface area contributed by atoms with E-state index < -0.39 is 0 Å². The number of nitriles is 1. The summed E-state index contributed by atoms with van der Waals surface area (Å²) in [5, 5.41) is 13.3. The number of carbonyl (C=O) groups is 1. The summed E-state index contributed by atoms with van der Waals surface area (Å²) >= 11 is 0. The quantitative estimate of drug-likeness (QED) is 0.577. The molecule has 0 spiro atoms. The third-order valence-electron chi connectivity index (χ3n) is 10.4. The lowest BCUT2D eigenvalue weighted by Crippen LogP contribution is -2.53. The Labute approximate surface area is 188 Å². The maximum Gasteiger partial charge on any atom is 0.157 e. The third kappa shape index (κ3) is 3.47. The van der Waals surface area contributed by atoms with Gasteiger partial charge in [0, 0.05) is 12.1 Å². The highest BCUT2D eigenvalue weighted by Gasteiger charge is 2.60. The van der Waals surface area contributed by atoms with Crippen LogP contribution in [-0.4, -0.2) is 15.6 Å². The van der Waals surface area contributed by atoms with Crippen LogP contribution in [0.25, 0.3) is 0 Å². The Morgan fingerprint density at radius 2 is 1.87 bits per heavy atom. The van der Waals surface area contributed by atoms with E-state index in [9.17, 15) is 4.79 Å². The Kier molecular flexibility index (Phi) is 5.86. The van der Waals surface area contributed by atoms with Crippen molar-refractivity contribution in [3.63, 3.8) is 0 Å². The van der Waals surface area contributed by atoms with Gasteiger partial charge in [0.25, 0.3) is 0 Å². The molecule has 1 heterocycles. The van der Waals surface area contributed by atoms with Gasteiger partial charge in [-0.3, -0.25) is 9.48 Å².